The van der Waals surface area contributed by atoms with Crippen molar-refractivity contribution in [3.8, 4) is 0 Å². The molecule has 1 aliphatic rings. The number of carbonyl (C=O) groups excluding carboxylic acids is 1. The highest BCUT2D eigenvalue weighted by Crippen LogP contribution is 2.24. The second-order valence-corrected chi connectivity index (χ2v) is 7.30. The quantitative estimate of drug-likeness (QED) is 0.631. The molecule has 0 spiro atoms. The van der Waals surface area contributed by atoms with Gasteiger partial charge in [-0.1, -0.05) is 48.0 Å². The van der Waals surface area contributed by atoms with Crippen molar-refractivity contribution in [1.29, 1.82) is 0 Å². The van der Waals surface area contributed by atoms with E-state index >= 15 is 0 Å². The number of amides is 1. The number of benzene rings is 2. The molecule has 27 heavy (non-hydrogen) atoms. The summed E-state index contributed by atoms with van der Waals surface area (Å²) in [5, 5.41) is 14.8. The lowest BCUT2D eigenvalue weighted by molar-refractivity contribution is -0.130. The number of aryl methyl sites for hydroxylation is 1. The van der Waals surface area contributed by atoms with E-state index in [1.807, 2.05) is 35.4 Å². The number of aromatic amines is 1. The van der Waals surface area contributed by atoms with Crippen molar-refractivity contribution in [2.75, 3.05) is 13.1 Å². The van der Waals surface area contributed by atoms with Crippen molar-refractivity contribution >= 4 is 16.8 Å². The van der Waals surface area contributed by atoms with Crippen LogP contribution in [0, 0.1) is 6.92 Å². The van der Waals surface area contributed by atoms with Crippen LogP contribution < -0.4 is 5.32 Å². The maximum atomic E-state index is 12.7. The molecule has 1 aromatic heterocycles. The first-order valence-corrected chi connectivity index (χ1v) is 9.43. The summed E-state index contributed by atoms with van der Waals surface area (Å²) in [6, 6.07) is 16.0. The largest absolute Gasteiger partial charge is 0.387 e. The highest BCUT2D eigenvalue weighted by molar-refractivity contribution is 5.84. The fraction of sp³-hybridized carbons (Fsp3) is 0.318. The second kappa shape index (κ2) is 7.55. The first kappa shape index (κ1) is 17.8. The van der Waals surface area contributed by atoms with Crippen LogP contribution >= 0.6 is 0 Å². The molecule has 0 radical (unpaired) electrons. The zero-order valence-electron chi connectivity index (χ0n) is 15.5. The number of nitrogens with zero attached hydrogens (tertiary/aromatic N) is 1. The molecule has 2 heterocycles. The topological polar surface area (TPSA) is 68.4 Å². The Kier molecular flexibility index (Phi) is 4.97. The number of hydrogen-bond donors (Lipinski definition) is 3. The van der Waals surface area contributed by atoms with Gasteiger partial charge in [0.1, 0.15) is 0 Å². The number of carbonyl (C=O) groups is 1. The van der Waals surface area contributed by atoms with E-state index in [9.17, 15) is 9.90 Å². The number of fused-ring (bicyclic) bond motifs is 1. The summed E-state index contributed by atoms with van der Waals surface area (Å²) in [7, 11) is 0. The summed E-state index contributed by atoms with van der Waals surface area (Å²) in [4.78, 5) is 17.7. The molecule has 0 bridgehead atoms. The maximum Gasteiger partial charge on any atom is 0.240 e. The molecule has 1 amide bonds. The second-order valence-electron chi connectivity index (χ2n) is 7.30. The summed E-state index contributed by atoms with van der Waals surface area (Å²) < 4.78 is 0. The van der Waals surface area contributed by atoms with Crippen molar-refractivity contribution in [2.24, 2.45) is 0 Å². The van der Waals surface area contributed by atoms with Crippen LogP contribution in [0.4, 0.5) is 0 Å². The number of likely N-dealkylation sites (tertiary alicyclic amines) is 1. The van der Waals surface area contributed by atoms with E-state index < -0.39 is 6.10 Å². The minimum Gasteiger partial charge on any atom is -0.387 e. The molecular weight excluding hydrogens is 338 g/mol. The zero-order chi connectivity index (χ0) is 18.8. The van der Waals surface area contributed by atoms with Crippen LogP contribution in [0.1, 0.15) is 29.2 Å². The summed E-state index contributed by atoms with van der Waals surface area (Å²) in [6.45, 7) is 3.80. The average molecular weight is 363 g/mol. The molecule has 5 heteroatoms. The monoisotopic (exact) mass is 363 g/mol. The molecule has 140 valence electrons. The molecule has 3 N–H and O–H groups in total. The summed E-state index contributed by atoms with van der Waals surface area (Å²) in [5.41, 5.74) is 4.23. The number of aliphatic hydroxyl groups excluding tert-OH is 1. The Balaban J connectivity index is 1.35. The average Bonchev–Trinajstić information content (AvgIpc) is 3.26. The van der Waals surface area contributed by atoms with Gasteiger partial charge in [-0.25, -0.2) is 0 Å². The minimum absolute atomic E-state index is 0.113. The number of aromatic nitrogens is 1. The molecule has 0 aliphatic carbocycles. The smallest absolute Gasteiger partial charge is 0.240 e. The fourth-order valence-corrected chi connectivity index (χ4v) is 3.73. The van der Waals surface area contributed by atoms with Crippen molar-refractivity contribution in [1.82, 2.24) is 15.2 Å². The van der Waals surface area contributed by atoms with E-state index in [-0.39, 0.29) is 11.9 Å². The number of para-hydroxylation sites is 1. The van der Waals surface area contributed by atoms with Gasteiger partial charge >= 0.3 is 0 Å². The minimum atomic E-state index is -0.653. The van der Waals surface area contributed by atoms with Crippen LogP contribution in [0.3, 0.4) is 0 Å². The first-order valence-electron chi connectivity index (χ1n) is 9.43. The number of hydrogen-bond acceptors (Lipinski definition) is 3. The lowest BCUT2D eigenvalue weighted by atomic mass is 10.1. The molecule has 2 aromatic carbocycles. The van der Waals surface area contributed by atoms with Gasteiger partial charge in [-0.2, -0.15) is 0 Å². The Bertz CT molecular complexity index is 932. The predicted molar refractivity (Wildman–Crippen MR) is 106 cm³/mol. The van der Waals surface area contributed by atoms with Crippen LogP contribution in [-0.4, -0.2) is 40.0 Å². The van der Waals surface area contributed by atoms with Crippen molar-refractivity contribution < 1.29 is 9.90 Å². The number of aliphatic hydroxyl groups is 1. The lowest BCUT2D eigenvalue weighted by Gasteiger charge is -2.18. The standard InChI is InChI=1S/C22H25N3O2/c1-15-6-8-16(9-7-15)14-25-11-10-20(22(25)27)24-13-21(26)18-12-23-19-5-3-2-4-17(18)19/h2-9,12,20-21,23-24,26H,10-11,13-14H2,1H3. The van der Waals surface area contributed by atoms with Gasteiger partial charge in [0.15, 0.2) is 0 Å². The van der Waals surface area contributed by atoms with E-state index in [4.69, 9.17) is 0 Å². The van der Waals surface area contributed by atoms with Crippen LogP contribution in [0.2, 0.25) is 0 Å². The van der Waals surface area contributed by atoms with Gasteiger partial charge in [-0.3, -0.25) is 4.79 Å². The third kappa shape index (κ3) is 3.75. The van der Waals surface area contributed by atoms with Gasteiger partial charge in [-0.05, 0) is 25.0 Å². The van der Waals surface area contributed by atoms with Gasteiger partial charge < -0.3 is 20.3 Å². The molecule has 1 saturated heterocycles. The van der Waals surface area contributed by atoms with Gasteiger partial charge in [0.25, 0.3) is 0 Å². The SMILES string of the molecule is Cc1ccc(CN2CCC(NCC(O)c3c[nH]c4ccccc34)C2=O)cc1. The maximum absolute atomic E-state index is 12.7. The molecule has 1 fully saturated rings. The molecule has 0 saturated carbocycles. The summed E-state index contributed by atoms with van der Waals surface area (Å²) in [5.74, 6) is 0.113. The van der Waals surface area contributed by atoms with Gasteiger partial charge in [0, 0.05) is 42.3 Å². The third-order valence-electron chi connectivity index (χ3n) is 5.33. The van der Waals surface area contributed by atoms with Crippen LogP contribution in [0.25, 0.3) is 10.9 Å². The Morgan fingerprint density at radius 3 is 2.81 bits per heavy atom. The number of H-pyrrole nitrogens is 1. The van der Waals surface area contributed by atoms with Gasteiger partial charge in [0.05, 0.1) is 12.1 Å². The van der Waals surface area contributed by atoms with Crippen molar-refractivity contribution in [2.45, 2.75) is 32.0 Å². The molecular formula is C22H25N3O2. The van der Waals surface area contributed by atoms with Gasteiger partial charge in [0.2, 0.25) is 5.91 Å². The zero-order valence-corrected chi connectivity index (χ0v) is 15.5. The molecule has 1 aliphatic heterocycles. The van der Waals surface area contributed by atoms with Gasteiger partial charge in [-0.15, -0.1) is 0 Å². The van der Waals surface area contributed by atoms with E-state index in [0.29, 0.717) is 13.1 Å². The number of nitrogens with one attached hydrogen (secondary N) is 2. The fourth-order valence-electron chi connectivity index (χ4n) is 3.73. The van der Waals surface area contributed by atoms with E-state index in [1.165, 1.54) is 5.56 Å². The van der Waals surface area contributed by atoms with E-state index in [0.717, 1.165) is 35.0 Å². The Morgan fingerprint density at radius 1 is 1.22 bits per heavy atom. The van der Waals surface area contributed by atoms with Crippen LogP contribution in [-0.2, 0) is 11.3 Å². The highest BCUT2D eigenvalue weighted by atomic mass is 16.3. The number of rotatable bonds is 6. The molecule has 2 unspecified atom stereocenters. The Labute approximate surface area is 159 Å². The summed E-state index contributed by atoms with van der Waals surface area (Å²) in [6.07, 6.45) is 1.96. The Hall–Kier alpha value is -2.63. The lowest BCUT2D eigenvalue weighted by Crippen LogP contribution is -2.39. The highest BCUT2D eigenvalue weighted by Gasteiger charge is 2.31. The van der Waals surface area contributed by atoms with E-state index in [1.54, 1.807) is 0 Å². The molecule has 2 atom stereocenters. The third-order valence-corrected chi connectivity index (χ3v) is 5.33. The van der Waals surface area contributed by atoms with Crippen LogP contribution in [0.5, 0.6) is 0 Å². The first-order chi connectivity index (χ1) is 13.1. The molecule has 5 nitrogen and oxygen atoms in total. The van der Waals surface area contributed by atoms with Crippen molar-refractivity contribution in [3.63, 3.8) is 0 Å². The normalized spacial score (nSPS) is 18.4. The summed E-state index contributed by atoms with van der Waals surface area (Å²) >= 11 is 0. The van der Waals surface area contributed by atoms with Crippen LogP contribution in [0.15, 0.2) is 54.7 Å². The van der Waals surface area contributed by atoms with Crippen molar-refractivity contribution in [3.05, 3.63) is 71.4 Å². The Morgan fingerprint density at radius 2 is 2.00 bits per heavy atom. The molecule has 3 aromatic rings. The van der Waals surface area contributed by atoms with E-state index in [2.05, 4.69) is 41.5 Å². The predicted octanol–water partition coefficient (Wildman–Crippen LogP) is 2.90. The molecule has 4 rings (SSSR count).